The molecule has 5 rings (SSSR count). The third-order valence-corrected chi connectivity index (χ3v) is 10.5. The summed E-state index contributed by atoms with van der Waals surface area (Å²) in [4.78, 5) is 32.0. The molecule has 0 aliphatic carbocycles. The van der Waals surface area contributed by atoms with Crippen LogP contribution in [0.1, 0.15) is 42.0 Å². The minimum absolute atomic E-state index is 0.149. The summed E-state index contributed by atoms with van der Waals surface area (Å²) in [5, 5.41) is 3.67. The number of carbonyl (C=O) groups excluding carboxylic acids is 2. The summed E-state index contributed by atoms with van der Waals surface area (Å²) in [5.41, 5.74) is 2.42. The van der Waals surface area contributed by atoms with E-state index in [1.165, 1.54) is 4.31 Å². The molecule has 2 aliphatic rings. The number of benzene rings is 3. The fourth-order valence-corrected chi connectivity index (χ4v) is 7.42. The number of hydrogen-bond acceptors (Lipinski definition) is 6. The number of hydrogen-bond donors (Lipinski definition) is 1. The van der Waals surface area contributed by atoms with Crippen molar-refractivity contribution in [2.45, 2.75) is 43.2 Å². The number of aryl methyl sites for hydroxylation is 1. The van der Waals surface area contributed by atoms with Crippen LogP contribution in [0.2, 0.25) is 5.02 Å². The van der Waals surface area contributed by atoms with E-state index in [2.05, 4.69) is 10.2 Å². The molecule has 1 unspecified atom stereocenters. The van der Waals surface area contributed by atoms with Gasteiger partial charge in [-0.2, -0.15) is 4.31 Å². The zero-order valence-electron chi connectivity index (χ0n) is 25.4. The Labute approximate surface area is 271 Å². The molecule has 0 radical (unpaired) electrons. The molecule has 0 spiro atoms. The zero-order chi connectivity index (χ0) is 31.6. The van der Waals surface area contributed by atoms with Crippen molar-refractivity contribution in [3.63, 3.8) is 0 Å². The van der Waals surface area contributed by atoms with Crippen LogP contribution >= 0.6 is 11.6 Å². The van der Waals surface area contributed by atoms with Crippen LogP contribution in [0.3, 0.4) is 0 Å². The van der Waals surface area contributed by atoms with E-state index in [1.54, 1.807) is 41.3 Å². The highest BCUT2D eigenvalue weighted by molar-refractivity contribution is 7.89. The Bertz CT molecular complexity index is 1510. The smallest absolute Gasteiger partial charge is 0.247 e. The first-order valence-corrected chi connectivity index (χ1v) is 17.4. The van der Waals surface area contributed by atoms with Crippen molar-refractivity contribution in [2.24, 2.45) is 0 Å². The molecule has 2 aliphatic heterocycles. The van der Waals surface area contributed by atoms with Crippen LogP contribution in [-0.4, -0.2) is 86.8 Å². The van der Waals surface area contributed by atoms with Gasteiger partial charge in [0.15, 0.2) is 0 Å². The average molecular weight is 653 g/mol. The van der Waals surface area contributed by atoms with E-state index in [0.717, 1.165) is 42.6 Å². The average Bonchev–Trinajstić information content (AvgIpc) is 3.62. The van der Waals surface area contributed by atoms with Crippen molar-refractivity contribution in [1.82, 2.24) is 19.4 Å². The summed E-state index contributed by atoms with van der Waals surface area (Å²) in [7, 11) is -3.51. The molecule has 3 aromatic carbocycles. The van der Waals surface area contributed by atoms with Crippen LogP contribution in [0, 0.1) is 0 Å². The van der Waals surface area contributed by atoms with E-state index in [-0.39, 0.29) is 29.7 Å². The molecule has 240 valence electrons. The lowest BCUT2D eigenvalue weighted by atomic mass is 10.0. The summed E-state index contributed by atoms with van der Waals surface area (Å²) in [6, 6.07) is 22.6. The first kappa shape index (κ1) is 33.1. The Morgan fingerprint density at radius 2 is 1.51 bits per heavy atom. The van der Waals surface area contributed by atoms with Crippen LogP contribution in [0.15, 0.2) is 83.8 Å². The van der Waals surface area contributed by atoms with Crippen molar-refractivity contribution >= 4 is 33.4 Å². The van der Waals surface area contributed by atoms with Crippen molar-refractivity contribution in [2.75, 3.05) is 52.5 Å². The van der Waals surface area contributed by atoms with Gasteiger partial charge in [0, 0.05) is 57.3 Å². The number of amides is 2. The second kappa shape index (κ2) is 15.8. The van der Waals surface area contributed by atoms with Crippen LogP contribution in [0.4, 0.5) is 0 Å². The molecule has 9 nitrogen and oxygen atoms in total. The highest BCUT2D eigenvalue weighted by Crippen LogP contribution is 2.26. The molecular weight excluding hydrogens is 612 g/mol. The fraction of sp³-hybridized carbons (Fsp3) is 0.412. The lowest BCUT2D eigenvalue weighted by molar-refractivity contribution is -0.141. The lowest BCUT2D eigenvalue weighted by Crippen LogP contribution is -2.46. The van der Waals surface area contributed by atoms with Crippen LogP contribution < -0.4 is 5.32 Å². The molecule has 0 aromatic heterocycles. The van der Waals surface area contributed by atoms with Gasteiger partial charge in [-0.15, -0.1) is 0 Å². The largest absolute Gasteiger partial charge is 0.379 e. The van der Waals surface area contributed by atoms with E-state index in [0.29, 0.717) is 50.8 Å². The number of rotatable bonds is 13. The summed E-state index contributed by atoms with van der Waals surface area (Å²) in [5.74, 6) is -0.427. The number of halogens is 1. The van der Waals surface area contributed by atoms with Gasteiger partial charge in [-0.1, -0.05) is 66.2 Å². The summed E-state index contributed by atoms with van der Waals surface area (Å²) < 4.78 is 32.8. The Hall–Kier alpha value is -3.28. The van der Waals surface area contributed by atoms with Crippen molar-refractivity contribution in [3.05, 3.63) is 101 Å². The molecule has 2 saturated heterocycles. The second-order valence-corrected chi connectivity index (χ2v) is 13.8. The molecule has 0 saturated carbocycles. The third kappa shape index (κ3) is 8.92. The van der Waals surface area contributed by atoms with Gasteiger partial charge < -0.3 is 15.0 Å². The maximum absolute atomic E-state index is 14.0. The first-order valence-electron chi connectivity index (χ1n) is 15.6. The quantitative estimate of drug-likeness (QED) is 0.296. The van der Waals surface area contributed by atoms with Crippen LogP contribution in [-0.2, 0) is 37.3 Å². The molecule has 45 heavy (non-hydrogen) atoms. The molecule has 0 bridgehead atoms. The Kier molecular flexibility index (Phi) is 11.6. The van der Waals surface area contributed by atoms with Crippen molar-refractivity contribution in [1.29, 1.82) is 0 Å². The summed E-state index contributed by atoms with van der Waals surface area (Å²) in [6.07, 6.45) is 2.31. The van der Waals surface area contributed by atoms with Crippen LogP contribution in [0.25, 0.3) is 0 Å². The molecular formula is C34H41ClN4O5S. The topological polar surface area (TPSA) is 99.3 Å². The number of nitrogens with zero attached hydrogens (tertiary/aromatic N) is 3. The first-order chi connectivity index (χ1) is 21.8. The molecule has 1 N–H and O–H groups in total. The summed E-state index contributed by atoms with van der Waals surface area (Å²) in [6.45, 7) is 5.48. The normalized spacial score (nSPS) is 16.7. The fourth-order valence-electron chi connectivity index (χ4n) is 5.78. The monoisotopic (exact) mass is 652 g/mol. The number of nitrogens with one attached hydrogen (secondary N) is 1. The zero-order valence-corrected chi connectivity index (χ0v) is 27.0. The van der Waals surface area contributed by atoms with Gasteiger partial charge in [-0.25, -0.2) is 8.42 Å². The molecule has 11 heteroatoms. The molecule has 2 heterocycles. The minimum Gasteiger partial charge on any atom is -0.379 e. The maximum atomic E-state index is 14.0. The van der Waals surface area contributed by atoms with Gasteiger partial charge in [0.1, 0.15) is 6.04 Å². The highest BCUT2D eigenvalue weighted by atomic mass is 35.5. The van der Waals surface area contributed by atoms with E-state index in [4.69, 9.17) is 16.3 Å². The van der Waals surface area contributed by atoms with Gasteiger partial charge in [0.2, 0.25) is 21.8 Å². The minimum atomic E-state index is -3.51. The predicted octanol–water partition coefficient (Wildman–Crippen LogP) is 4.28. The Balaban J connectivity index is 1.33. The van der Waals surface area contributed by atoms with E-state index < -0.39 is 16.1 Å². The van der Waals surface area contributed by atoms with Crippen LogP contribution in [0.5, 0.6) is 0 Å². The third-order valence-electron chi connectivity index (χ3n) is 8.35. The Morgan fingerprint density at radius 1 is 0.867 bits per heavy atom. The molecule has 3 aromatic rings. The van der Waals surface area contributed by atoms with Gasteiger partial charge in [0.05, 0.1) is 18.1 Å². The van der Waals surface area contributed by atoms with E-state index in [1.807, 2.05) is 42.5 Å². The standard InChI is InChI=1S/C34H41ClN4O5S/c35-30-13-8-28(9-14-30)26-39(32(40)17-12-27-10-15-31(16-11-27)45(42,43)38-19-4-5-20-38)33(29-6-2-1-3-7-29)34(41)36-18-21-37-22-24-44-25-23-37/h1-3,6-11,13-16,33H,4-5,12,17-26H2,(H,36,41). The molecule has 2 fully saturated rings. The van der Waals surface area contributed by atoms with Gasteiger partial charge in [0.25, 0.3) is 0 Å². The van der Waals surface area contributed by atoms with Gasteiger partial charge in [-0.05, 0) is 60.2 Å². The number of morpholine rings is 1. The SMILES string of the molecule is O=C(NCCN1CCOCC1)C(c1ccccc1)N(Cc1ccc(Cl)cc1)C(=O)CCc1ccc(S(=O)(=O)N2CCCC2)cc1. The Morgan fingerprint density at radius 3 is 2.18 bits per heavy atom. The van der Waals surface area contributed by atoms with E-state index in [9.17, 15) is 18.0 Å². The van der Waals surface area contributed by atoms with Gasteiger partial charge >= 0.3 is 0 Å². The van der Waals surface area contributed by atoms with Crippen molar-refractivity contribution in [3.8, 4) is 0 Å². The highest BCUT2D eigenvalue weighted by Gasteiger charge is 2.32. The lowest BCUT2D eigenvalue weighted by Gasteiger charge is -2.32. The predicted molar refractivity (Wildman–Crippen MR) is 174 cm³/mol. The number of carbonyl (C=O) groups is 2. The number of ether oxygens (including phenoxy) is 1. The molecule has 1 atom stereocenters. The number of sulfonamides is 1. The summed E-state index contributed by atoms with van der Waals surface area (Å²) >= 11 is 6.14. The van der Waals surface area contributed by atoms with Gasteiger partial charge in [-0.3, -0.25) is 14.5 Å². The van der Waals surface area contributed by atoms with Crippen molar-refractivity contribution < 1.29 is 22.7 Å². The second-order valence-electron chi connectivity index (χ2n) is 11.5. The van der Waals surface area contributed by atoms with E-state index >= 15 is 0 Å². The maximum Gasteiger partial charge on any atom is 0.247 e. The molecule has 2 amide bonds.